The molecule has 1 N–H and O–H groups in total. The molecule has 5 nitrogen and oxygen atoms in total. The van der Waals surface area contributed by atoms with E-state index in [0.29, 0.717) is 18.6 Å². The Kier molecular flexibility index (Phi) is 2.60. The van der Waals surface area contributed by atoms with Crippen molar-refractivity contribution in [3.8, 4) is 0 Å². The van der Waals surface area contributed by atoms with Crippen molar-refractivity contribution in [1.29, 1.82) is 0 Å². The summed E-state index contributed by atoms with van der Waals surface area (Å²) in [6, 6.07) is 3.82. The van der Waals surface area contributed by atoms with E-state index in [9.17, 15) is 13.6 Å². The molecule has 2 aromatic heterocycles. The molecule has 1 aliphatic heterocycles. The summed E-state index contributed by atoms with van der Waals surface area (Å²) in [6.45, 7) is 0.922. The molecule has 112 valence electrons. The van der Waals surface area contributed by atoms with E-state index in [2.05, 4.69) is 10.1 Å². The first-order valence-corrected chi connectivity index (χ1v) is 6.80. The zero-order valence-electron chi connectivity index (χ0n) is 11.7. The highest BCUT2D eigenvalue weighted by Gasteiger charge is 2.28. The van der Waals surface area contributed by atoms with Gasteiger partial charge in [0, 0.05) is 30.1 Å². The lowest BCUT2D eigenvalue weighted by molar-refractivity contribution is 0.0743. The zero-order valence-corrected chi connectivity index (χ0v) is 11.7. The number of carbonyl (C=O) groups excluding carboxylic acids is 1. The van der Waals surface area contributed by atoms with Gasteiger partial charge in [0.1, 0.15) is 5.69 Å². The lowest BCUT2D eigenvalue weighted by Crippen LogP contribution is -2.26. The van der Waals surface area contributed by atoms with Crippen molar-refractivity contribution in [2.24, 2.45) is 7.05 Å². The molecule has 0 saturated heterocycles. The summed E-state index contributed by atoms with van der Waals surface area (Å²) in [5, 5.41) is 4.23. The normalized spacial score (nSPS) is 13.9. The van der Waals surface area contributed by atoms with Gasteiger partial charge in [-0.1, -0.05) is 0 Å². The Morgan fingerprint density at radius 1 is 1.32 bits per heavy atom. The summed E-state index contributed by atoms with van der Waals surface area (Å²) in [6.07, 6.45) is 1.74. The lowest BCUT2D eigenvalue weighted by atomic mass is 10.2. The minimum absolute atomic E-state index is 0.0849. The monoisotopic (exact) mass is 302 g/mol. The average molecular weight is 302 g/mol. The number of nitrogens with one attached hydrogen (secondary N) is 1. The summed E-state index contributed by atoms with van der Waals surface area (Å²) in [5.74, 6) is -2.11. The van der Waals surface area contributed by atoms with Gasteiger partial charge in [-0.15, -0.1) is 0 Å². The first-order valence-electron chi connectivity index (χ1n) is 6.80. The predicted molar refractivity (Wildman–Crippen MR) is 75.0 cm³/mol. The lowest BCUT2D eigenvalue weighted by Gasteiger charge is -2.14. The number of carbonyl (C=O) groups is 1. The van der Waals surface area contributed by atoms with Crippen LogP contribution in [0.3, 0.4) is 0 Å². The number of hydrogen-bond acceptors (Lipinski definition) is 2. The van der Waals surface area contributed by atoms with Gasteiger partial charge in [0.15, 0.2) is 11.6 Å². The maximum absolute atomic E-state index is 13.7. The van der Waals surface area contributed by atoms with Crippen LogP contribution >= 0.6 is 0 Å². The smallest absolute Gasteiger partial charge is 0.270 e. The van der Waals surface area contributed by atoms with Crippen molar-refractivity contribution in [2.75, 3.05) is 0 Å². The fourth-order valence-electron chi connectivity index (χ4n) is 2.86. The number of benzene rings is 1. The molecule has 1 aromatic carbocycles. The van der Waals surface area contributed by atoms with Gasteiger partial charge in [-0.2, -0.15) is 5.10 Å². The van der Waals surface area contributed by atoms with Crippen LogP contribution in [0.25, 0.3) is 10.9 Å². The Bertz CT molecular complexity index is 912. The van der Waals surface area contributed by atoms with Gasteiger partial charge in [-0.05, 0) is 18.2 Å². The van der Waals surface area contributed by atoms with Crippen molar-refractivity contribution in [2.45, 2.75) is 13.1 Å². The van der Waals surface area contributed by atoms with Gasteiger partial charge in [0.25, 0.3) is 5.91 Å². The third-order valence-electron chi connectivity index (χ3n) is 4.06. The van der Waals surface area contributed by atoms with E-state index < -0.39 is 11.6 Å². The van der Waals surface area contributed by atoms with Crippen LogP contribution in [-0.2, 0) is 20.1 Å². The number of hydrogen-bond donors (Lipinski definition) is 1. The van der Waals surface area contributed by atoms with Gasteiger partial charge >= 0.3 is 0 Å². The second-order valence-electron chi connectivity index (χ2n) is 5.41. The maximum atomic E-state index is 13.7. The molecule has 0 atom stereocenters. The Balaban J connectivity index is 1.68. The van der Waals surface area contributed by atoms with Crippen molar-refractivity contribution in [3.05, 3.63) is 53.0 Å². The summed E-state index contributed by atoms with van der Waals surface area (Å²) in [4.78, 5) is 17.0. The van der Waals surface area contributed by atoms with E-state index in [1.807, 2.05) is 7.05 Å². The molecule has 0 spiro atoms. The summed E-state index contributed by atoms with van der Waals surface area (Å²) >= 11 is 0. The van der Waals surface area contributed by atoms with Crippen molar-refractivity contribution >= 4 is 16.8 Å². The van der Waals surface area contributed by atoms with Gasteiger partial charge < -0.3 is 9.88 Å². The number of aryl methyl sites for hydroxylation is 1. The largest absolute Gasteiger partial charge is 0.350 e. The Labute approximate surface area is 124 Å². The molecular formula is C15H12F2N4O. The SMILES string of the molecule is Cn1ncc2c1CN(C(=O)c1cc3c(F)c(F)ccc3[nH]1)C2. The molecule has 0 bridgehead atoms. The fourth-order valence-corrected chi connectivity index (χ4v) is 2.86. The summed E-state index contributed by atoms with van der Waals surface area (Å²) in [5.41, 5.74) is 2.65. The molecule has 22 heavy (non-hydrogen) atoms. The molecule has 1 amide bonds. The van der Waals surface area contributed by atoms with E-state index in [1.54, 1.807) is 15.8 Å². The number of rotatable bonds is 1. The van der Waals surface area contributed by atoms with Crippen LogP contribution in [0.5, 0.6) is 0 Å². The molecule has 0 unspecified atom stereocenters. The van der Waals surface area contributed by atoms with E-state index in [0.717, 1.165) is 17.3 Å². The van der Waals surface area contributed by atoms with Crippen LogP contribution < -0.4 is 0 Å². The average Bonchev–Trinajstić information content (AvgIpc) is 3.18. The maximum Gasteiger partial charge on any atom is 0.270 e. The summed E-state index contributed by atoms with van der Waals surface area (Å²) in [7, 11) is 1.83. The minimum Gasteiger partial charge on any atom is -0.350 e. The minimum atomic E-state index is -0.943. The quantitative estimate of drug-likeness (QED) is 0.750. The number of aromatic nitrogens is 3. The molecule has 3 heterocycles. The van der Waals surface area contributed by atoms with Crippen LogP contribution in [0.1, 0.15) is 21.7 Å². The second kappa shape index (κ2) is 4.40. The first kappa shape index (κ1) is 13.0. The van der Waals surface area contributed by atoms with E-state index >= 15 is 0 Å². The standard InChI is InChI=1S/C15H12F2N4O/c1-20-13-7-21(6-8(13)5-18-20)15(22)12-4-9-11(19-12)3-2-10(16)14(9)17/h2-5,19H,6-7H2,1H3. The molecule has 0 aliphatic carbocycles. The molecule has 0 fully saturated rings. The molecule has 0 saturated carbocycles. The Morgan fingerprint density at radius 2 is 2.14 bits per heavy atom. The van der Waals surface area contributed by atoms with Crippen molar-refractivity contribution < 1.29 is 13.6 Å². The molecule has 0 radical (unpaired) electrons. The summed E-state index contributed by atoms with van der Waals surface area (Å²) < 4.78 is 28.7. The van der Waals surface area contributed by atoms with E-state index in [1.165, 1.54) is 12.1 Å². The number of halogens is 2. The molecule has 3 aromatic rings. The number of nitrogens with zero attached hydrogens (tertiary/aromatic N) is 3. The second-order valence-corrected chi connectivity index (χ2v) is 5.41. The van der Waals surface area contributed by atoms with E-state index in [-0.39, 0.29) is 17.0 Å². The van der Waals surface area contributed by atoms with Crippen molar-refractivity contribution in [3.63, 3.8) is 0 Å². The number of H-pyrrole nitrogens is 1. The Morgan fingerprint density at radius 3 is 2.91 bits per heavy atom. The number of aromatic amines is 1. The van der Waals surface area contributed by atoms with Crippen LogP contribution in [-0.4, -0.2) is 25.6 Å². The molecule has 7 heteroatoms. The molecular weight excluding hydrogens is 290 g/mol. The first-order chi connectivity index (χ1) is 10.5. The van der Waals surface area contributed by atoms with Gasteiger partial charge in [0.2, 0.25) is 0 Å². The predicted octanol–water partition coefficient (Wildman–Crippen LogP) is 2.34. The fraction of sp³-hybridized carbons (Fsp3) is 0.200. The highest BCUT2D eigenvalue weighted by atomic mass is 19.2. The highest BCUT2D eigenvalue weighted by Crippen LogP contribution is 2.26. The third kappa shape index (κ3) is 1.75. The molecule has 1 aliphatic rings. The number of amides is 1. The Hall–Kier alpha value is -2.70. The van der Waals surface area contributed by atoms with Crippen LogP contribution in [0, 0.1) is 11.6 Å². The third-order valence-corrected chi connectivity index (χ3v) is 4.06. The highest BCUT2D eigenvalue weighted by molar-refractivity contribution is 5.98. The van der Waals surface area contributed by atoms with Gasteiger partial charge in [-0.25, -0.2) is 8.78 Å². The van der Waals surface area contributed by atoms with Gasteiger partial charge in [-0.3, -0.25) is 9.48 Å². The van der Waals surface area contributed by atoms with Gasteiger partial charge in [0.05, 0.1) is 18.4 Å². The van der Waals surface area contributed by atoms with Crippen molar-refractivity contribution in [1.82, 2.24) is 19.7 Å². The topological polar surface area (TPSA) is 53.9 Å². The van der Waals surface area contributed by atoms with Crippen LogP contribution in [0.2, 0.25) is 0 Å². The van der Waals surface area contributed by atoms with Crippen LogP contribution in [0.15, 0.2) is 24.4 Å². The van der Waals surface area contributed by atoms with Crippen LogP contribution in [0.4, 0.5) is 8.78 Å². The molecule has 4 rings (SSSR count). The van der Waals surface area contributed by atoms with E-state index in [4.69, 9.17) is 0 Å². The number of fused-ring (bicyclic) bond motifs is 2. The zero-order chi connectivity index (χ0) is 15.4.